The number of likely N-dealkylation sites (tertiary alicyclic amines) is 2. The molecule has 0 bridgehead atoms. The molecule has 7 fully saturated rings. The Labute approximate surface area is 430 Å². The first-order valence-electron chi connectivity index (χ1n) is 27.6. The number of esters is 1. The molecule has 0 radical (unpaired) electrons. The maximum Gasteiger partial charge on any atom is 0.343 e. The molecular formula is C54H77N13O6. The molecule has 2 aliphatic carbocycles. The number of rotatable bonds is 13. The Balaban J connectivity index is 0.612. The van der Waals surface area contributed by atoms with E-state index in [0.717, 1.165) is 154 Å². The summed E-state index contributed by atoms with van der Waals surface area (Å²) in [7, 11) is 1.84. The van der Waals surface area contributed by atoms with Gasteiger partial charge in [0.2, 0.25) is 29.6 Å². The van der Waals surface area contributed by atoms with Gasteiger partial charge in [0.1, 0.15) is 11.4 Å². The number of carbonyl (C=O) groups excluding carboxylic acids is 5. The van der Waals surface area contributed by atoms with Crippen LogP contribution in [0.15, 0.2) is 42.9 Å². The minimum atomic E-state index is -0.450. The molecule has 3 aromatic rings. The molecule has 5 aliphatic heterocycles. The van der Waals surface area contributed by atoms with E-state index in [4.69, 9.17) is 4.74 Å². The average Bonchev–Trinajstić information content (AvgIpc) is 3.84. The normalized spacial score (nSPS) is 27.3. The Morgan fingerprint density at radius 3 is 1.99 bits per heavy atom. The highest BCUT2D eigenvalue weighted by Crippen LogP contribution is 2.35. The molecule has 1 aromatic carbocycles. The van der Waals surface area contributed by atoms with Crippen molar-refractivity contribution >= 4 is 52.7 Å². The summed E-state index contributed by atoms with van der Waals surface area (Å²) in [4.78, 5) is 88.3. The van der Waals surface area contributed by atoms with Crippen LogP contribution in [0.1, 0.15) is 119 Å². The van der Waals surface area contributed by atoms with E-state index >= 15 is 0 Å². The van der Waals surface area contributed by atoms with E-state index in [1.807, 2.05) is 13.2 Å². The van der Waals surface area contributed by atoms with E-state index in [-0.39, 0.29) is 48.1 Å². The van der Waals surface area contributed by atoms with Gasteiger partial charge in [0, 0.05) is 140 Å². The van der Waals surface area contributed by atoms with Gasteiger partial charge in [0.15, 0.2) is 0 Å². The van der Waals surface area contributed by atoms with Crippen LogP contribution in [0.4, 0.5) is 23.1 Å². The van der Waals surface area contributed by atoms with Crippen molar-refractivity contribution in [1.82, 2.24) is 49.6 Å². The molecule has 2 unspecified atom stereocenters. The van der Waals surface area contributed by atoms with Crippen molar-refractivity contribution in [3.8, 4) is 0 Å². The fourth-order valence-corrected chi connectivity index (χ4v) is 13.1. The number of benzene rings is 1. The third-order valence-corrected chi connectivity index (χ3v) is 17.3. The van der Waals surface area contributed by atoms with Gasteiger partial charge in [0.25, 0.3) is 0 Å². The first-order chi connectivity index (χ1) is 35.5. The van der Waals surface area contributed by atoms with Crippen molar-refractivity contribution in [1.29, 1.82) is 0 Å². The van der Waals surface area contributed by atoms with Gasteiger partial charge in [-0.1, -0.05) is 12.1 Å². The topological polar surface area (TPSA) is 194 Å². The van der Waals surface area contributed by atoms with Crippen molar-refractivity contribution in [2.45, 2.75) is 127 Å². The predicted octanol–water partition coefficient (Wildman–Crippen LogP) is 4.60. The maximum atomic E-state index is 13.9. The molecular weight excluding hydrogens is 927 g/mol. The van der Waals surface area contributed by atoms with Crippen molar-refractivity contribution in [2.75, 3.05) is 101 Å². The van der Waals surface area contributed by atoms with E-state index < -0.39 is 5.97 Å². The van der Waals surface area contributed by atoms with Crippen LogP contribution in [0.5, 0.6) is 0 Å². The molecule has 7 aliphatic rings. The van der Waals surface area contributed by atoms with Crippen LogP contribution in [0.2, 0.25) is 0 Å². The number of imide groups is 1. The molecule has 0 spiro atoms. The van der Waals surface area contributed by atoms with Crippen LogP contribution >= 0.6 is 0 Å². The molecule has 394 valence electrons. The summed E-state index contributed by atoms with van der Waals surface area (Å²) in [5.74, 6) is 0.398. The summed E-state index contributed by atoms with van der Waals surface area (Å²) < 4.78 is 7.01. The quantitative estimate of drug-likeness (QED) is 0.159. The number of amides is 4. The standard InChI is InChI=1S/C54H77N13O6/c1-3-73-53(72)47-34-55-54(58-41-33-56-61(2)35-41)60-49(47)57-40-12-16-43(17-13-40)63-29-31-66(32-30-63)52(71)39-8-6-38(7-9-39)51(70)65-23-20-44(21-24-65)67-22-4-5-45(36-67)64-27-25-62(26-28-64)42-14-10-37(11-15-42)46-18-19-48(68)59-50(46)69/h10-11,14-15,33-35,38-40,43-46H,3-9,12-13,16-32,36H2,1-2H3,(H,59,68,69)(H2,55,57,58,60). The minimum absolute atomic E-state index is 0.0117. The number of anilines is 4. The number of piperazine rings is 2. The molecule has 2 saturated carbocycles. The van der Waals surface area contributed by atoms with E-state index in [1.54, 1.807) is 17.8 Å². The molecule has 3 N–H and O–H groups in total. The van der Waals surface area contributed by atoms with E-state index in [0.29, 0.717) is 54.2 Å². The number of carbonyl (C=O) groups is 5. The van der Waals surface area contributed by atoms with Crippen LogP contribution < -0.4 is 20.9 Å². The largest absolute Gasteiger partial charge is 0.462 e. The van der Waals surface area contributed by atoms with Gasteiger partial charge in [-0.3, -0.25) is 43.9 Å². The average molecular weight is 1000 g/mol. The molecule has 7 heterocycles. The van der Waals surface area contributed by atoms with Gasteiger partial charge in [0.05, 0.1) is 24.4 Å². The van der Waals surface area contributed by atoms with Crippen LogP contribution in [-0.4, -0.2) is 183 Å². The smallest absolute Gasteiger partial charge is 0.343 e. The fraction of sp³-hybridized carbons (Fsp3) is 0.667. The second-order valence-corrected chi connectivity index (χ2v) is 21.7. The zero-order valence-corrected chi connectivity index (χ0v) is 43.1. The summed E-state index contributed by atoms with van der Waals surface area (Å²) in [5, 5.41) is 13.4. The van der Waals surface area contributed by atoms with Crippen LogP contribution in [0.25, 0.3) is 0 Å². The second-order valence-electron chi connectivity index (χ2n) is 21.7. The Morgan fingerprint density at radius 2 is 1.34 bits per heavy atom. The molecule has 73 heavy (non-hydrogen) atoms. The van der Waals surface area contributed by atoms with Crippen molar-refractivity contribution in [2.24, 2.45) is 18.9 Å². The molecule has 4 amide bonds. The number of aryl methyl sites for hydroxylation is 1. The highest BCUT2D eigenvalue weighted by molar-refractivity contribution is 6.01. The van der Waals surface area contributed by atoms with Gasteiger partial charge < -0.3 is 30.1 Å². The lowest BCUT2D eigenvalue weighted by atomic mass is 9.80. The molecule has 19 heteroatoms. The second kappa shape index (κ2) is 23.3. The van der Waals surface area contributed by atoms with Crippen LogP contribution in [0, 0.1) is 11.8 Å². The van der Waals surface area contributed by atoms with Crippen LogP contribution in [-0.2, 0) is 31.0 Å². The summed E-state index contributed by atoms with van der Waals surface area (Å²) in [6, 6.07) is 10.1. The first-order valence-corrected chi connectivity index (χ1v) is 27.6. The van der Waals surface area contributed by atoms with Crippen molar-refractivity contribution < 1.29 is 28.7 Å². The Morgan fingerprint density at radius 1 is 0.699 bits per heavy atom. The third-order valence-electron chi connectivity index (χ3n) is 17.3. The summed E-state index contributed by atoms with van der Waals surface area (Å²) in [5.41, 5.74) is 3.24. The molecule has 5 saturated heterocycles. The van der Waals surface area contributed by atoms with Gasteiger partial charge in [-0.2, -0.15) is 10.1 Å². The Bertz CT molecular complexity index is 2390. The Hall–Kier alpha value is -5.66. The summed E-state index contributed by atoms with van der Waals surface area (Å²) in [6.45, 7) is 13.3. The van der Waals surface area contributed by atoms with Crippen LogP contribution in [0.3, 0.4) is 0 Å². The number of piperidine rings is 3. The fourth-order valence-electron chi connectivity index (χ4n) is 13.1. The van der Waals surface area contributed by atoms with Gasteiger partial charge in [-0.05, 0) is 115 Å². The zero-order valence-electron chi connectivity index (χ0n) is 43.1. The summed E-state index contributed by atoms with van der Waals surface area (Å²) >= 11 is 0. The van der Waals surface area contributed by atoms with E-state index in [1.165, 1.54) is 24.7 Å². The molecule has 19 nitrogen and oxygen atoms in total. The highest BCUT2D eigenvalue weighted by atomic mass is 16.5. The lowest BCUT2D eigenvalue weighted by Crippen LogP contribution is -2.57. The van der Waals surface area contributed by atoms with Gasteiger partial charge in [-0.25, -0.2) is 9.78 Å². The number of hydrogen-bond donors (Lipinski definition) is 3. The first kappa shape index (κ1) is 50.9. The number of aromatic nitrogens is 4. The molecule has 10 rings (SSSR count). The minimum Gasteiger partial charge on any atom is -0.462 e. The van der Waals surface area contributed by atoms with Gasteiger partial charge in [-0.15, -0.1) is 0 Å². The van der Waals surface area contributed by atoms with Gasteiger partial charge >= 0.3 is 5.97 Å². The lowest BCUT2D eigenvalue weighted by molar-refractivity contribution is -0.143. The monoisotopic (exact) mass is 1000 g/mol. The Kier molecular flexibility index (Phi) is 16.2. The molecule has 2 atom stereocenters. The van der Waals surface area contributed by atoms with E-state index in [2.05, 4.69) is 84.7 Å². The third kappa shape index (κ3) is 12.2. The zero-order chi connectivity index (χ0) is 50.4. The van der Waals surface area contributed by atoms with E-state index in [9.17, 15) is 24.0 Å². The number of hydrogen-bond acceptors (Lipinski definition) is 15. The number of nitrogens with one attached hydrogen (secondary N) is 3. The van der Waals surface area contributed by atoms with Crippen molar-refractivity contribution in [3.63, 3.8) is 0 Å². The predicted molar refractivity (Wildman–Crippen MR) is 277 cm³/mol. The lowest BCUT2D eigenvalue weighted by Gasteiger charge is -2.47. The van der Waals surface area contributed by atoms with Crippen molar-refractivity contribution in [3.05, 3.63) is 54.0 Å². The SMILES string of the molecule is CCOC(=O)c1cnc(Nc2cnn(C)c2)nc1NC1CCC(N2CCN(C(=O)C3CCC(C(=O)N4CCC(N5CCCC(N6CCN(c7ccc(C8CCC(=O)NC8=O)cc7)CC6)C5)CC4)CC3)CC2)CC1. The maximum absolute atomic E-state index is 13.9. The number of nitrogens with zero attached hydrogens (tertiary/aromatic N) is 10. The highest BCUT2D eigenvalue weighted by Gasteiger charge is 2.39. The molecule has 2 aromatic heterocycles. The number of ether oxygens (including phenoxy) is 1. The summed E-state index contributed by atoms with van der Waals surface area (Å²) in [6.07, 6.45) is 17.7.